The molecule has 1 rings (SSSR count). The normalized spacial score (nSPS) is 17.2. The Balaban J connectivity index is 2.35. The van der Waals surface area contributed by atoms with Crippen molar-refractivity contribution < 1.29 is 8.85 Å². The zero-order valence-electron chi connectivity index (χ0n) is 10.4. The van der Waals surface area contributed by atoms with E-state index in [1.165, 1.54) is 0 Å². The van der Waals surface area contributed by atoms with Crippen molar-refractivity contribution in [1.29, 1.82) is 0 Å². The molecule has 0 spiro atoms. The maximum atomic E-state index is 7.32. The van der Waals surface area contributed by atoms with Crippen LogP contribution in [0.4, 0.5) is 0 Å². The minimum atomic E-state index is -1.92. The molecule has 0 amide bonds. The lowest BCUT2D eigenvalue weighted by Gasteiger charge is -2.08. The van der Waals surface area contributed by atoms with Gasteiger partial charge in [-0.05, 0) is 11.5 Å². The molecule has 0 N–H and O–H groups in total. The lowest BCUT2D eigenvalue weighted by atomic mass is 10.2. The first-order chi connectivity index (χ1) is 7.54. The van der Waals surface area contributed by atoms with Gasteiger partial charge in [0, 0.05) is 8.54 Å². The smallest absolute Gasteiger partial charge is 0.0717 e. The third-order valence-electron chi connectivity index (χ3n) is 1.62. The monoisotopic (exact) mass is 293 g/mol. The lowest BCUT2D eigenvalue weighted by molar-refractivity contribution is 0.0989. The zero-order valence-corrected chi connectivity index (χ0v) is 9.53. The molecule has 1 unspecified atom stereocenters. The third kappa shape index (κ3) is 4.62. The Morgan fingerprint density at radius 1 is 1.46 bits per heavy atom. The van der Waals surface area contributed by atoms with Crippen molar-refractivity contribution in [1.82, 2.24) is 0 Å². The Labute approximate surface area is 97.8 Å². The van der Waals surface area contributed by atoms with Crippen LogP contribution in [-0.4, -0.2) is 11.0 Å². The Morgan fingerprint density at radius 3 is 2.85 bits per heavy atom. The van der Waals surface area contributed by atoms with Gasteiger partial charge in [0.05, 0.1) is 13.2 Å². The van der Waals surface area contributed by atoms with Crippen LogP contribution < -0.4 is 0 Å². The van der Waals surface area contributed by atoms with E-state index >= 15 is 0 Å². The Bertz CT molecular complexity index is 300. The molecule has 2 heteroatoms. The summed E-state index contributed by atoms with van der Waals surface area (Å²) in [7, 11) is 0. The summed E-state index contributed by atoms with van der Waals surface area (Å²) in [4.78, 5) is 0. The van der Waals surface area contributed by atoms with Gasteiger partial charge < -0.3 is 4.74 Å². The SMILES string of the molecule is [2H]C([2H])([2H])C(CI)COCc1ccccc1. The standard InChI is InChI=1S/C11H15IO/c1-10(7-12)8-13-9-11-5-3-2-4-6-11/h2-6,10H,7-9H2,1H3/i1D3. The summed E-state index contributed by atoms with van der Waals surface area (Å²) in [6.45, 7) is -1.16. The van der Waals surface area contributed by atoms with Crippen molar-refractivity contribution in [3.63, 3.8) is 0 Å². The van der Waals surface area contributed by atoms with Gasteiger partial charge in [0.2, 0.25) is 0 Å². The topological polar surface area (TPSA) is 9.23 Å². The van der Waals surface area contributed by atoms with E-state index < -0.39 is 6.85 Å². The summed E-state index contributed by atoms with van der Waals surface area (Å²) < 4.78 is 28.0. The Morgan fingerprint density at radius 2 is 2.23 bits per heavy atom. The highest BCUT2D eigenvalue weighted by Gasteiger charge is 1.99. The number of hydrogen-bond acceptors (Lipinski definition) is 1. The van der Waals surface area contributed by atoms with Crippen molar-refractivity contribution in [2.75, 3.05) is 11.0 Å². The summed E-state index contributed by atoms with van der Waals surface area (Å²) in [5.74, 6) is -0.378. The molecule has 0 aliphatic heterocycles. The zero-order chi connectivity index (χ0) is 12.0. The molecule has 0 aromatic heterocycles. The second kappa shape index (κ2) is 6.38. The maximum absolute atomic E-state index is 7.32. The number of hydrogen-bond donors (Lipinski definition) is 0. The highest BCUT2D eigenvalue weighted by Crippen LogP contribution is 2.04. The fourth-order valence-electron chi connectivity index (χ4n) is 0.938. The molecule has 0 fully saturated rings. The van der Waals surface area contributed by atoms with E-state index in [0.717, 1.165) is 5.56 Å². The van der Waals surface area contributed by atoms with Crippen LogP contribution in [0.2, 0.25) is 0 Å². The molecule has 0 saturated carbocycles. The van der Waals surface area contributed by atoms with E-state index in [0.29, 0.717) is 11.0 Å². The maximum Gasteiger partial charge on any atom is 0.0717 e. The summed E-state index contributed by atoms with van der Waals surface area (Å²) in [5.41, 5.74) is 1.07. The fourth-order valence-corrected chi connectivity index (χ4v) is 1.19. The minimum Gasteiger partial charge on any atom is -0.376 e. The van der Waals surface area contributed by atoms with Crippen molar-refractivity contribution >= 4 is 22.6 Å². The average molecular weight is 293 g/mol. The van der Waals surface area contributed by atoms with Crippen LogP contribution in [0.5, 0.6) is 0 Å². The summed E-state index contributed by atoms with van der Waals surface area (Å²) in [6.07, 6.45) is 0. The predicted molar refractivity (Wildman–Crippen MR) is 64.1 cm³/mol. The molecule has 0 aliphatic carbocycles. The minimum absolute atomic E-state index is 0.286. The number of ether oxygens (including phenoxy) is 1. The molecular formula is C11H15IO. The predicted octanol–water partition coefficient (Wildman–Crippen LogP) is 3.27. The van der Waals surface area contributed by atoms with Gasteiger partial charge in [0.1, 0.15) is 0 Å². The van der Waals surface area contributed by atoms with Crippen molar-refractivity contribution in [2.24, 2.45) is 5.92 Å². The number of alkyl halides is 1. The van der Waals surface area contributed by atoms with Crippen LogP contribution in [-0.2, 0) is 11.3 Å². The first kappa shape index (κ1) is 7.23. The molecule has 1 atom stereocenters. The molecular weight excluding hydrogens is 275 g/mol. The second-order valence-corrected chi connectivity index (χ2v) is 3.73. The second-order valence-electron chi connectivity index (χ2n) is 2.85. The van der Waals surface area contributed by atoms with Crippen LogP contribution in [0.25, 0.3) is 0 Å². The average Bonchev–Trinajstić information content (AvgIpc) is 2.24. The van der Waals surface area contributed by atoms with E-state index in [1.54, 1.807) is 0 Å². The largest absolute Gasteiger partial charge is 0.376 e. The molecule has 1 aromatic carbocycles. The van der Waals surface area contributed by atoms with Gasteiger partial charge in [-0.1, -0.05) is 59.8 Å². The van der Waals surface area contributed by atoms with Crippen LogP contribution in [0.3, 0.4) is 0 Å². The van der Waals surface area contributed by atoms with Gasteiger partial charge in [0.15, 0.2) is 0 Å². The highest BCUT2D eigenvalue weighted by molar-refractivity contribution is 14.1. The molecule has 0 saturated heterocycles. The van der Waals surface area contributed by atoms with Crippen molar-refractivity contribution in [2.45, 2.75) is 13.5 Å². The van der Waals surface area contributed by atoms with Crippen molar-refractivity contribution in [3.05, 3.63) is 35.9 Å². The molecule has 0 bridgehead atoms. The summed E-state index contributed by atoms with van der Waals surface area (Å²) in [5, 5.41) is 0. The molecule has 0 radical (unpaired) electrons. The van der Waals surface area contributed by atoms with Crippen LogP contribution in [0.15, 0.2) is 30.3 Å². The van der Waals surface area contributed by atoms with E-state index in [4.69, 9.17) is 8.85 Å². The van der Waals surface area contributed by atoms with Gasteiger partial charge in [-0.2, -0.15) is 0 Å². The van der Waals surface area contributed by atoms with Crippen LogP contribution >= 0.6 is 22.6 Å². The molecule has 1 nitrogen and oxygen atoms in total. The molecule has 0 heterocycles. The number of benzene rings is 1. The van der Waals surface area contributed by atoms with Gasteiger partial charge >= 0.3 is 0 Å². The summed E-state index contributed by atoms with van der Waals surface area (Å²) in [6, 6.07) is 9.76. The van der Waals surface area contributed by atoms with E-state index in [2.05, 4.69) is 22.6 Å². The van der Waals surface area contributed by atoms with Gasteiger partial charge in [0.25, 0.3) is 0 Å². The van der Waals surface area contributed by atoms with Gasteiger partial charge in [-0.25, -0.2) is 0 Å². The summed E-state index contributed by atoms with van der Waals surface area (Å²) >= 11 is 2.09. The molecule has 0 aliphatic rings. The molecule has 72 valence electrons. The van der Waals surface area contributed by atoms with E-state index in [9.17, 15) is 0 Å². The van der Waals surface area contributed by atoms with E-state index in [-0.39, 0.29) is 12.5 Å². The quantitative estimate of drug-likeness (QED) is 0.598. The van der Waals surface area contributed by atoms with Gasteiger partial charge in [-0.15, -0.1) is 0 Å². The molecule has 1 aromatic rings. The number of halogens is 1. The van der Waals surface area contributed by atoms with Crippen molar-refractivity contribution in [3.8, 4) is 0 Å². The lowest BCUT2D eigenvalue weighted by Crippen LogP contribution is -2.06. The Kier molecular flexibility index (Phi) is 3.55. The Hall–Kier alpha value is -0.0900. The highest BCUT2D eigenvalue weighted by atomic mass is 127. The fraction of sp³-hybridized carbons (Fsp3) is 0.455. The number of rotatable bonds is 5. The van der Waals surface area contributed by atoms with Crippen LogP contribution in [0.1, 0.15) is 16.5 Å². The first-order valence-corrected chi connectivity index (χ1v) is 5.74. The third-order valence-corrected chi connectivity index (χ3v) is 2.68. The van der Waals surface area contributed by atoms with E-state index in [1.807, 2.05) is 30.3 Å². The molecule has 13 heavy (non-hydrogen) atoms. The van der Waals surface area contributed by atoms with Crippen LogP contribution in [0, 0.1) is 5.92 Å². The van der Waals surface area contributed by atoms with Gasteiger partial charge in [-0.3, -0.25) is 0 Å². The first-order valence-electron chi connectivity index (χ1n) is 5.71.